The van der Waals surface area contributed by atoms with E-state index in [1.54, 1.807) is 4.90 Å². The average Bonchev–Trinajstić information content (AvgIpc) is 3.12. The van der Waals surface area contributed by atoms with Crippen LogP contribution in [0.25, 0.3) is 11.4 Å². The molecule has 1 saturated heterocycles. The summed E-state index contributed by atoms with van der Waals surface area (Å²) in [5.74, 6) is 1.72. The van der Waals surface area contributed by atoms with Gasteiger partial charge in [-0.25, -0.2) is 4.68 Å². The molecule has 0 radical (unpaired) electrons. The third kappa shape index (κ3) is 3.23. The predicted molar refractivity (Wildman–Crippen MR) is 101 cm³/mol. The van der Waals surface area contributed by atoms with E-state index in [1.807, 2.05) is 35.1 Å². The van der Waals surface area contributed by atoms with Gasteiger partial charge in [0.05, 0.1) is 12.2 Å². The van der Waals surface area contributed by atoms with Crippen LogP contribution >= 0.6 is 0 Å². The van der Waals surface area contributed by atoms with E-state index < -0.39 is 0 Å². The van der Waals surface area contributed by atoms with Gasteiger partial charge in [0.2, 0.25) is 11.7 Å². The summed E-state index contributed by atoms with van der Waals surface area (Å²) in [6.07, 6.45) is 6.32. The Hall–Kier alpha value is -3.23. The van der Waals surface area contributed by atoms with Crippen LogP contribution in [0, 0.1) is 5.41 Å². The molecule has 9 nitrogen and oxygen atoms in total. The highest BCUT2D eigenvalue weighted by atomic mass is 16.5. The fraction of sp³-hybridized carbons (Fsp3) is 0.421. The van der Waals surface area contributed by atoms with Crippen LogP contribution in [0.15, 0.2) is 35.0 Å². The zero-order chi connectivity index (χ0) is 19.1. The van der Waals surface area contributed by atoms with Gasteiger partial charge >= 0.3 is 0 Å². The van der Waals surface area contributed by atoms with E-state index in [-0.39, 0.29) is 12.0 Å². The van der Waals surface area contributed by atoms with Crippen molar-refractivity contribution in [2.24, 2.45) is 5.73 Å². The molecule has 1 saturated carbocycles. The summed E-state index contributed by atoms with van der Waals surface area (Å²) >= 11 is 0. The molecule has 0 bridgehead atoms. The Morgan fingerprint density at radius 1 is 1.21 bits per heavy atom. The van der Waals surface area contributed by atoms with Crippen LogP contribution in [0.1, 0.15) is 54.8 Å². The maximum atomic E-state index is 7.69. The molecule has 1 aromatic carbocycles. The second kappa shape index (κ2) is 6.74. The Kier molecular flexibility index (Phi) is 4.07. The Morgan fingerprint density at radius 3 is 2.79 bits per heavy atom. The van der Waals surface area contributed by atoms with E-state index in [1.165, 1.54) is 12.8 Å². The highest BCUT2D eigenvalue weighted by molar-refractivity contribution is 5.75. The normalized spacial score (nSPS) is 19.3. The first-order chi connectivity index (χ1) is 13.7. The molecule has 3 N–H and O–H groups in total. The zero-order valence-electron chi connectivity index (χ0n) is 15.5. The van der Waals surface area contributed by atoms with Crippen molar-refractivity contribution in [2.75, 3.05) is 6.54 Å². The molecular formula is C19H22N8O. The maximum Gasteiger partial charge on any atom is 0.249 e. The number of hydrogen-bond donors (Lipinski definition) is 2. The van der Waals surface area contributed by atoms with E-state index >= 15 is 0 Å². The summed E-state index contributed by atoms with van der Waals surface area (Å²) in [5, 5.41) is 20.3. The van der Waals surface area contributed by atoms with Crippen LogP contribution in [-0.4, -0.2) is 42.5 Å². The van der Waals surface area contributed by atoms with Gasteiger partial charge in [-0.3, -0.25) is 5.41 Å². The number of benzene rings is 1. The number of aromatic nitrogens is 5. The minimum atomic E-state index is -0.106. The minimum absolute atomic E-state index is 0.0459. The van der Waals surface area contributed by atoms with Crippen LogP contribution in [-0.2, 0) is 6.54 Å². The smallest absolute Gasteiger partial charge is 0.249 e. The first kappa shape index (κ1) is 16.9. The number of nitrogens with zero attached hydrogens (tertiary/aromatic N) is 6. The van der Waals surface area contributed by atoms with E-state index in [2.05, 4.69) is 20.5 Å². The average molecular weight is 378 g/mol. The van der Waals surface area contributed by atoms with Crippen LogP contribution in [0.4, 0.5) is 0 Å². The second-order valence-corrected chi connectivity index (χ2v) is 7.51. The number of rotatable bonds is 5. The zero-order valence-corrected chi connectivity index (χ0v) is 15.5. The molecular weight excluding hydrogens is 356 g/mol. The van der Waals surface area contributed by atoms with Crippen LogP contribution < -0.4 is 5.73 Å². The SMILES string of the molecule is N=C(N)N1CCCC1c1nc(-c2ccc(Cn3cc(C4CC4)nn3)cc2)no1. The van der Waals surface area contributed by atoms with Crippen molar-refractivity contribution in [1.82, 2.24) is 30.0 Å². The molecule has 2 aromatic heterocycles. The van der Waals surface area contributed by atoms with Gasteiger partial charge in [-0.05, 0) is 31.2 Å². The Labute approximate surface area is 162 Å². The van der Waals surface area contributed by atoms with E-state index in [9.17, 15) is 0 Å². The highest BCUT2D eigenvalue weighted by Crippen LogP contribution is 2.38. The summed E-state index contributed by atoms with van der Waals surface area (Å²) in [6.45, 7) is 1.43. The standard InChI is InChI=1S/C19H22N8O/c20-19(21)27-9-1-2-16(27)18-22-17(24-28-18)14-5-3-12(4-6-14)10-26-11-15(23-25-26)13-7-8-13/h3-6,11,13,16H,1-2,7-10H2,(H3,20,21). The number of hydrogen-bond acceptors (Lipinski definition) is 6. The van der Waals surface area contributed by atoms with E-state index in [4.69, 9.17) is 15.7 Å². The Morgan fingerprint density at radius 2 is 2.04 bits per heavy atom. The van der Waals surface area contributed by atoms with Crippen molar-refractivity contribution in [2.45, 2.75) is 44.2 Å². The summed E-state index contributed by atoms with van der Waals surface area (Å²) in [7, 11) is 0. The van der Waals surface area contributed by atoms with Gasteiger partial charge in [-0.15, -0.1) is 5.10 Å². The fourth-order valence-corrected chi connectivity index (χ4v) is 3.70. The van der Waals surface area contributed by atoms with Gasteiger partial charge in [-0.2, -0.15) is 4.98 Å². The van der Waals surface area contributed by atoms with Crippen LogP contribution in [0.5, 0.6) is 0 Å². The van der Waals surface area contributed by atoms with Gasteiger partial charge in [0.25, 0.3) is 0 Å². The molecule has 0 spiro atoms. The topological polar surface area (TPSA) is 123 Å². The number of likely N-dealkylation sites (tertiary alicyclic amines) is 1. The molecule has 5 rings (SSSR count). The molecule has 28 heavy (non-hydrogen) atoms. The summed E-state index contributed by atoms with van der Waals surface area (Å²) in [4.78, 5) is 6.34. The van der Waals surface area contributed by atoms with Crippen molar-refractivity contribution >= 4 is 5.96 Å². The lowest BCUT2D eigenvalue weighted by molar-refractivity contribution is 0.283. The molecule has 3 aromatic rings. The van der Waals surface area contributed by atoms with Crippen molar-refractivity contribution < 1.29 is 4.52 Å². The fourth-order valence-electron chi connectivity index (χ4n) is 3.70. The third-order valence-corrected chi connectivity index (χ3v) is 5.40. The van der Waals surface area contributed by atoms with Gasteiger partial charge in [-0.1, -0.05) is 34.6 Å². The van der Waals surface area contributed by atoms with E-state index in [0.717, 1.165) is 36.2 Å². The van der Waals surface area contributed by atoms with Gasteiger partial charge in [0, 0.05) is 24.2 Å². The molecule has 2 aliphatic rings. The lowest BCUT2D eigenvalue weighted by atomic mass is 10.1. The maximum absolute atomic E-state index is 7.69. The molecule has 1 unspecified atom stereocenters. The van der Waals surface area contributed by atoms with Gasteiger partial charge in [0.15, 0.2) is 5.96 Å². The largest absolute Gasteiger partial charge is 0.370 e. The van der Waals surface area contributed by atoms with Crippen molar-refractivity contribution in [3.8, 4) is 11.4 Å². The molecule has 0 amide bonds. The Bertz CT molecular complexity index is 988. The molecule has 1 atom stereocenters. The summed E-state index contributed by atoms with van der Waals surface area (Å²) in [6, 6.07) is 7.95. The lowest BCUT2D eigenvalue weighted by Crippen LogP contribution is -2.35. The minimum Gasteiger partial charge on any atom is -0.370 e. The van der Waals surface area contributed by atoms with Crippen molar-refractivity contribution in [1.29, 1.82) is 5.41 Å². The van der Waals surface area contributed by atoms with Gasteiger partial charge in [0.1, 0.15) is 6.04 Å². The van der Waals surface area contributed by atoms with Crippen LogP contribution in [0.3, 0.4) is 0 Å². The van der Waals surface area contributed by atoms with Gasteiger partial charge < -0.3 is 15.2 Å². The third-order valence-electron chi connectivity index (χ3n) is 5.40. The summed E-state index contributed by atoms with van der Waals surface area (Å²) in [5.41, 5.74) is 8.78. The molecule has 3 heterocycles. The number of nitrogens with one attached hydrogen (secondary N) is 1. The molecule has 144 valence electrons. The summed E-state index contributed by atoms with van der Waals surface area (Å²) < 4.78 is 7.34. The number of guanidine groups is 1. The Balaban J connectivity index is 1.29. The molecule has 2 fully saturated rings. The second-order valence-electron chi connectivity index (χ2n) is 7.51. The lowest BCUT2D eigenvalue weighted by Gasteiger charge is -2.21. The number of nitrogens with two attached hydrogens (primary N) is 1. The quantitative estimate of drug-likeness (QED) is 0.516. The highest BCUT2D eigenvalue weighted by Gasteiger charge is 2.31. The van der Waals surface area contributed by atoms with Crippen molar-refractivity contribution in [3.05, 3.63) is 47.6 Å². The molecule has 9 heteroatoms. The predicted octanol–water partition coefficient (Wildman–Crippen LogP) is 2.28. The van der Waals surface area contributed by atoms with E-state index in [0.29, 0.717) is 24.2 Å². The van der Waals surface area contributed by atoms with Crippen LogP contribution in [0.2, 0.25) is 0 Å². The van der Waals surface area contributed by atoms with Crippen molar-refractivity contribution in [3.63, 3.8) is 0 Å². The molecule has 1 aliphatic carbocycles. The monoisotopic (exact) mass is 378 g/mol. The molecule has 1 aliphatic heterocycles. The first-order valence-corrected chi connectivity index (χ1v) is 9.61. The first-order valence-electron chi connectivity index (χ1n) is 9.61.